The van der Waals surface area contributed by atoms with Crippen LogP contribution in [0.15, 0.2) is 45.6 Å². The maximum absolute atomic E-state index is 13.1. The molecule has 27 heavy (non-hydrogen) atoms. The molecular weight excluding hydrogens is 351 g/mol. The zero-order chi connectivity index (χ0) is 18.6. The van der Waals surface area contributed by atoms with Crippen molar-refractivity contribution >= 4 is 5.91 Å². The smallest absolute Gasteiger partial charge is 0.258 e. The second-order valence-corrected chi connectivity index (χ2v) is 6.58. The molecule has 0 radical (unpaired) electrons. The lowest BCUT2D eigenvalue weighted by Crippen LogP contribution is -2.36. The first-order valence-corrected chi connectivity index (χ1v) is 8.99. The van der Waals surface area contributed by atoms with E-state index in [1.54, 1.807) is 23.1 Å². The maximum atomic E-state index is 13.1. The number of rotatable bonds is 4. The second kappa shape index (κ2) is 7.69. The van der Waals surface area contributed by atoms with Gasteiger partial charge in [0.25, 0.3) is 5.89 Å². The fourth-order valence-electron chi connectivity index (χ4n) is 3.34. The third-order valence-electron chi connectivity index (χ3n) is 4.73. The number of hydrogen-bond donors (Lipinski definition) is 0. The quantitative estimate of drug-likeness (QED) is 0.698. The van der Waals surface area contributed by atoms with E-state index in [0.717, 1.165) is 25.7 Å². The van der Waals surface area contributed by atoms with Gasteiger partial charge in [-0.1, -0.05) is 23.2 Å². The number of aromatic nitrogens is 3. The van der Waals surface area contributed by atoms with Crippen LogP contribution in [0.5, 0.6) is 0 Å². The summed E-state index contributed by atoms with van der Waals surface area (Å²) in [6.45, 7) is 0.641. The minimum absolute atomic E-state index is 0.0380. The van der Waals surface area contributed by atoms with Gasteiger partial charge in [0.2, 0.25) is 5.91 Å². The predicted molar refractivity (Wildman–Crippen MR) is 92.8 cm³/mol. The minimum Gasteiger partial charge on any atom is -0.364 e. The van der Waals surface area contributed by atoms with Crippen LogP contribution in [-0.2, 0) is 11.2 Å². The molecule has 140 valence electrons. The topological polar surface area (TPSA) is 85.3 Å². The lowest BCUT2D eigenvalue weighted by atomic mass is 10.1. The van der Waals surface area contributed by atoms with E-state index in [4.69, 9.17) is 9.05 Å². The molecule has 0 aliphatic carbocycles. The highest BCUT2D eigenvalue weighted by Gasteiger charge is 2.30. The van der Waals surface area contributed by atoms with Crippen molar-refractivity contribution in [2.24, 2.45) is 0 Å². The molecule has 1 aliphatic rings. The third-order valence-corrected chi connectivity index (χ3v) is 4.73. The maximum Gasteiger partial charge on any atom is 0.258 e. The SMILES string of the molecule is O=C(Cc1ccon1)N1CCCCC[C@@H]1c1noc(-c2ccc(F)cc2)n1. The number of amides is 1. The Kier molecular flexibility index (Phi) is 4.95. The van der Waals surface area contributed by atoms with Gasteiger partial charge in [-0.2, -0.15) is 4.98 Å². The Hall–Kier alpha value is -3.03. The molecule has 7 nitrogen and oxygen atoms in total. The number of carbonyl (C=O) groups is 1. The van der Waals surface area contributed by atoms with Crippen LogP contribution in [0.2, 0.25) is 0 Å². The van der Waals surface area contributed by atoms with Crippen molar-refractivity contribution < 1.29 is 18.2 Å². The Morgan fingerprint density at radius 2 is 2.00 bits per heavy atom. The Morgan fingerprint density at radius 1 is 1.15 bits per heavy atom. The van der Waals surface area contributed by atoms with E-state index in [-0.39, 0.29) is 24.2 Å². The Labute approximate surface area is 155 Å². The number of nitrogens with zero attached hydrogens (tertiary/aromatic N) is 4. The molecule has 3 aromatic rings. The van der Waals surface area contributed by atoms with Crippen LogP contribution < -0.4 is 0 Å². The zero-order valence-corrected chi connectivity index (χ0v) is 14.7. The van der Waals surface area contributed by atoms with Gasteiger partial charge >= 0.3 is 0 Å². The normalized spacial score (nSPS) is 17.7. The minimum atomic E-state index is -0.327. The first kappa shape index (κ1) is 17.4. The summed E-state index contributed by atoms with van der Waals surface area (Å²) in [7, 11) is 0. The molecule has 8 heteroatoms. The van der Waals surface area contributed by atoms with Gasteiger partial charge < -0.3 is 13.9 Å². The van der Waals surface area contributed by atoms with Crippen molar-refractivity contribution in [3.05, 3.63) is 53.9 Å². The molecule has 1 saturated heterocycles. The second-order valence-electron chi connectivity index (χ2n) is 6.58. The van der Waals surface area contributed by atoms with Gasteiger partial charge in [0.1, 0.15) is 12.1 Å². The summed E-state index contributed by atoms with van der Waals surface area (Å²) in [6, 6.07) is 7.31. The van der Waals surface area contributed by atoms with Crippen molar-refractivity contribution in [3.63, 3.8) is 0 Å². The van der Waals surface area contributed by atoms with E-state index in [1.807, 2.05) is 0 Å². The van der Waals surface area contributed by atoms with Crippen LogP contribution in [0.1, 0.15) is 43.2 Å². The molecule has 0 N–H and O–H groups in total. The fourth-order valence-corrected chi connectivity index (χ4v) is 3.34. The van der Waals surface area contributed by atoms with Gasteiger partial charge in [-0.05, 0) is 37.1 Å². The monoisotopic (exact) mass is 370 g/mol. The number of likely N-dealkylation sites (tertiary alicyclic amines) is 1. The summed E-state index contributed by atoms with van der Waals surface area (Å²) < 4.78 is 23.3. The Bertz CT molecular complexity index is 892. The third kappa shape index (κ3) is 3.89. The summed E-state index contributed by atoms with van der Waals surface area (Å²) >= 11 is 0. The standard InChI is InChI=1S/C19H19FN4O3/c20-14-7-5-13(6-8-14)19-21-18(23-27-19)16-4-2-1-3-10-24(16)17(25)12-15-9-11-26-22-15/h5-9,11,16H,1-4,10,12H2/t16-/m1/s1. The summed E-state index contributed by atoms with van der Waals surface area (Å²) in [5.74, 6) is 0.429. The first-order valence-electron chi connectivity index (χ1n) is 8.99. The number of benzene rings is 1. The Balaban J connectivity index is 1.57. The summed E-state index contributed by atoms with van der Waals surface area (Å²) in [5.41, 5.74) is 1.24. The van der Waals surface area contributed by atoms with Gasteiger partial charge in [-0.3, -0.25) is 4.79 Å². The van der Waals surface area contributed by atoms with Gasteiger partial charge in [0.15, 0.2) is 5.82 Å². The number of halogens is 1. The predicted octanol–water partition coefficient (Wildman–Crippen LogP) is 3.55. The van der Waals surface area contributed by atoms with Crippen LogP contribution in [0.4, 0.5) is 4.39 Å². The average Bonchev–Trinajstić information content (AvgIpc) is 3.30. The molecule has 0 spiro atoms. The van der Waals surface area contributed by atoms with Crippen LogP contribution in [0.3, 0.4) is 0 Å². The molecule has 1 aromatic carbocycles. The van der Waals surface area contributed by atoms with Crippen molar-refractivity contribution in [3.8, 4) is 11.5 Å². The van der Waals surface area contributed by atoms with E-state index < -0.39 is 0 Å². The lowest BCUT2D eigenvalue weighted by molar-refractivity contribution is -0.133. The van der Waals surface area contributed by atoms with E-state index in [2.05, 4.69) is 15.3 Å². The molecular formula is C19H19FN4O3. The largest absolute Gasteiger partial charge is 0.364 e. The molecule has 0 saturated carbocycles. The van der Waals surface area contributed by atoms with E-state index in [9.17, 15) is 9.18 Å². The molecule has 3 heterocycles. The molecule has 4 rings (SSSR count). The molecule has 1 amide bonds. The molecule has 0 bridgehead atoms. The van der Waals surface area contributed by atoms with Crippen LogP contribution in [0, 0.1) is 5.82 Å². The summed E-state index contributed by atoms with van der Waals surface area (Å²) in [6.07, 6.45) is 5.37. The van der Waals surface area contributed by atoms with Crippen LogP contribution in [-0.4, -0.2) is 32.6 Å². The van der Waals surface area contributed by atoms with Crippen molar-refractivity contribution in [1.29, 1.82) is 0 Å². The van der Waals surface area contributed by atoms with E-state index >= 15 is 0 Å². The van der Waals surface area contributed by atoms with Crippen LogP contribution >= 0.6 is 0 Å². The zero-order valence-electron chi connectivity index (χ0n) is 14.7. The number of carbonyl (C=O) groups excluding carboxylic acids is 1. The van der Waals surface area contributed by atoms with Crippen molar-refractivity contribution in [2.75, 3.05) is 6.54 Å². The molecule has 2 aromatic heterocycles. The fraction of sp³-hybridized carbons (Fsp3) is 0.368. The summed E-state index contributed by atoms with van der Waals surface area (Å²) in [4.78, 5) is 19.1. The first-order chi connectivity index (χ1) is 13.2. The van der Waals surface area contributed by atoms with Gasteiger partial charge in [0, 0.05) is 18.2 Å². The summed E-state index contributed by atoms with van der Waals surface area (Å²) in [5, 5.41) is 7.92. The lowest BCUT2D eigenvalue weighted by Gasteiger charge is -2.27. The average molecular weight is 370 g/mol. The molecule has 1 atom stereocenters. The highest BCUT2D eigenvalue weighted by Crippen LogP contribution is 2.30. The Morgan fingerprint density at radius 3 is 2.78 bits per heavy atom. The van der Waals surface area contributed by atoms with Gasteiger partial charge in [0.05, 0.1) is 18.2 Å². The highest BCUT2D eigenvalue weighted by atomic mass is 19.1. The van der Waals surface area contributed by atoms with Crippen molar-refractivity contribution in [1.82, 2.24) is 20.2 Å². The molecule has 1 fully saturated rings. The molecule has 0 unspecified atom stereocenters. The van der Waals surface area contributed by atoms with Gasteiger partial charge in [-0.25, -0.2) is 4.39 Å². The van der Waals surface area contributed by atoms with Crippen LogP contribution in [0.25, 0.3) is 11.5 Å². The number of hydrogen-bond acceptors (Lipinski definition) is 6. The van der Waals surface area contributed by atoms with E-state index in [0.29, 0.717) is 29.5 Å². The molecule has 1 aliphatic heterocycles. The van der Waals surface area contributed by atoms with Crippen molar-refractivity contribution in [2.45, 2.75) is 38.1 Å². The highest BCUT2D eigenvalue weighted by molar-refractivity contribution is 5.78. The van der Waals surface area contributed by atoms with E-state index in [1.165, 1.54) is 18.4 Å². The van der Waals surface area contributed by atoms with Gasteiger partial charge in [-0.15, -0.1) is 0 Å².